The molecule has 0 aliphatic carbocycles. The fraction of sp³-hybridized carbons (Fsp3) is 0.714. The second-order valence-electron chi connectivity index (χ2n) is 2.16. The van der Waals surface area contributed by atoms with Gasteiger partial charge in [-0.25, -0.2) is 0 Å². The number of allylic oxidation sites excluding steroid dienone is 2. The molecule has 66 valence electrons. The maximum absolute atomic E-state index is 11.4. The number of aliphatic hydroxyl groups excluding tert-OH is 1. The Balaban J connectivity index is 3.30. The van der Waals surface area contributed by atoms with Crippen LogP contribution in [-0.4, -0.2) is 17.9 Å². The van der Waals surface area contributed by atoms with Gasteiger partial charge in [0, 0.05) is 12.7 Å². The van der Waals surface area contributed by atoms with E-state index in [1.54, 1.807) is 0 Å². The van der Waals surface area contributed by atoms with E-state index < -0.39 is 6.18 Å². The summed E-state index contributed by atoms with van der Waals surface area (Å²) < 4.78 is 34.3. The molecule has 0 aliphatic rings. The van der Waals surface area contributed by atoms with Crippen molar-refractivity contribution in [2.75, 3.05) is 6.61 Å². The van der Waals surface area contributed by atoms with Gasteiger partial charge in [0.25, 0.3) is 0 Å². The molecule has 0 aliphatic heterocycles. The third-order valence-corrected chi connectivity index (χ3v) is 1.09. The zero-order valence-corrected chi connectivity index (χ0v) is 6.06. The van der Waals surface area contributed by atoms with E-state index in [9.17, 15) is 13.2 Å². The SMILES string of the molecule is OCCCC/C=C/C(F)(F)F. The minimum absolute atomic E-state index is 0.0415. The Labute approximate surface area is 63.5 Å². The molecule has 0 bridgehead atoms. The van der Waals surface area contributed by atoms with Crippen molar-refractivity contribution in [2.24, 2.45) is 0 Å². The highest BCUT2D eigenvalue weighted by atomic mass is 19.4. The van der Waals surface area contributed by atoms with Crippen LogP contribution in [0.5, 0.6) is 0 Å². The molecule has 1 N–H and O–H groups in total. The molecule has 0 saturated carbocycles. The molecule has 0 aromatic rings. The lowest BCUT2D eigenvalue weighted by Gasteiger charge is -1.96. The van der Waals surface area contributed by atoms with Crippen molar-refractivity contribution >= 4 is 0 Å². The lowest BCUT2D eigenvalue weighted by Crippen LogP contribution is -2.00. The molecule has 0 unspecified atom stereocenters. The Kier molecular flexibility index (Phi) is 4.94. The maximum atomic E-state index is 11.4. The van der Waals surface area contributed by atoms with Gasteiger partial charge in [-0.05, 0) is 19.3 Å². The summed E-state index contributed by atoms with van der Waals surface area (Å²) in [7, 11) is 0. The van der Waals surface area contributed by atoms with Crippen molar-refractivity contribution in [3.8, 4) is 0 Å². The van der Waals surface area contributed by atoms with E-state index in [0.29, 0.717) is 19.3 Å². The summed E-state index contributed by atoms with van der Waals surface area (Å²) in [5, 5.41) is 8.28. The number of hydrogen-bond donors (Lipinski definition) is 1. The number of unbranched alkanes of at least 4 members (excludes halogenated alkanes) is 2. The first-order chi connectivity index (χ1) is 5.06. The van der Waals surface area contributed by atoms with Crippen LogP contribution in [0.15, 0.2) is 12.2 Å². The second-order valence-corrected chi connectivity index (χ2v) is 2.16. The monoisotopic (exact) mass is 168 g/mol. The van der Waals surface area contributed by atoms with Crippen LogP contribution in [0.2, 0.25) is 0 Å². The molecule has 0 radical (unpaired) electrons. The Morgan fingerprint density at radius 3 is 2.27 bits per heavy atom. The van der Waals surface area contributed by atoms with Crippen LogP contribution < -0.4 is 0 Å². The van der Waals surface area contributed by atoms with Crippen LogP contribution in [0, 0.1) is 0 Å². The molecule has 0 spiro atoms. The number of halogens is 3. The van der Waals surface area contributed by atoms with Gasteiger partial charge < -0.3 is 5.11 Å². The summed E-state index contributed by atoms with van der Waals surface area (Å²) in [6.07, 6.45) is -1.36. The molecule has 0 heterocycles. The highest BCUT2D eigenvalue weighted by molar-refractivity contribution is 4.88. The fourth-order valence-corrected chi connectivity index (χ4v) is 0.591. The molecule has 11 heavy (non-hydrogen) atoms. The number of hydrogen-bond acceptors (Lipinski definition) is 1. The third kappa shape index (κ3) is 9.49. The third-order valence-electron chi connectivity index (χ3n) is 1.09. The van der Waals surface area contributed by atoms with Crippen molar-refractivity contribution in [3.05, 3.63) is 12.2 Å². The van der Waals surface area contributed by atoms with Crippen LogP contribution >= 0.6 is 0 Å². The summed E-state index contributed by atoms with van der Waals surface area (Å²) in [5.74, 6) is 0. The lowest BCUT2D eigenvalue weighted by molar-refractivity contribution is -0.0800. The molecule has 4 heteroatoms. The van der Waals surface area contributed by atoms with Gasteiger partial charge in [-0.3, -0.25) is 0 Å². The number of alkyl halides is 3. The number of rotatable bonds is 4. The van der Waals surface area contributed by atoms with Gasteiger partial charge in [0.2, 0.25) is 0 Å². The molecule has 0 amide bonds. The second kappa shape index (κ2) is 5.18. The zero-order valence-electron chi connectivity index (χ0n) is 6.06. The standard InChI is InChI=1S/C7H11F3O/c8-7(9,10)5-3-1-2-4-6-11/h3,5,11H,1-2,4,6H2/b5-3+. The molecular formula is C7H11F3O. The number of aliphatic hydroxyl groups is 1. The lowest BCUT2D eigenvalue weighted by atomic mass is 10.2. The molecule has 0 fully saturated rings. The average Bonchev–Trinajstić information content (AvgIpc) is 1.85. The van der Waals surface area contributed by atoms with E-state index in [1.807, 2.05) is 0 Å². The van der Waals surface area contributed by atoms with E-state index in [0.717, 1.165) is 6.08 Å². The van der Waals surface area contributed by atoms with Crippen molar-refractivity contribution in [2.45, 2.75) is 25.4 Å². The smallest absolute Gasteiger partial charge is 0.396 e. The van der Waals surface area contributed by atoms with Crippen LogP contribution in [0.25, 0.3) is 0 Å². The van der Waals surface area contributed by atoms with Crippen LogP contribution in [-0.2, 0) is 0 Å². The predicted molar refractivity (Wildman–Crippen MR) is 36.1 cm³/mol. The van der Waals surface area contributed by atoms with E-state index in [4.69, 9.17) is 5.11 Å². The molecule has 0 saturated heterocycles. The van der Waals surface area contributed by atoms with Gasteiger partial charge in [0.1, 0.15) is 0 Å². The topological polar surface area (TPSA) is 20.2 Å². The Morgan fingerprint density at radius 2 is 1.82 bits per heavy atom. The summed E-state index contributed by atoms with van der Waals surface area (Å²) in [5.41, 5.74) is 0. The minimum atomic E-state index is -4.20. The highest BCUT2D eigenvalue weighted by Gasteiger charge is 2.21. The Morgan fingerprint density at radius 1 is 1.18 bits per heavy atom. The maximum Gasteiger partial charge on any atom is 0.409 e. The van der Waals surface area contributed by atoms with Crippen molar-refractivity contribution in [1.29, 1.82) is 0 Å². The molecular weight excluding hydrogens is 157 g/mol. The quantitative estimate of drug-likeness (QED) is 0.504. The largest absolute Gasteiger partial charge is 0.409 e. The summed E-state index contributed by atoms with van der Waals surface area (Å²) >= 11 is 0. The first-order valence-electron chi connectivity index (χ1n) is 3.41. The molecule has 0 rings (SSSR count). The predicted octanol–water partition coefficient (Wildman–Crippen LogP) is 2.27. The van der Waals surface area contributed by atoms with Crippen molar-refractivity contribution in [3.63, 3.8) is 0 Å². The van der Waals surface area contributed by atoms with E-state index in [-0.39, 0.29) is 12.7 Å². The normalized spacial score (nSPS) is 12.7. The van der Waals surface area contributed by atoms with Gasteiger partial charge in [-0.1, -0.05) is 6.08 Å². The highest BCUT2D eigenvalue weighted by Crippen LogP contribution is 2.16. The van der Waals surface area contributed by atoms with Gasteiger partial charge in [0.15, 0.2) is 0 Å². The van der Waals surface area contributed by atoms with Gasteiger partial charge in [0.05, 0.1) is 0 Å². The summed E-state index contributed by atoms with van der Waals surface area (Å²) in [4.78, 5) is 0. The minimum Gasteiger partial charge on any atom is -0.396 e. The average molecular weight is 168 g/mol. The van der Waals surface area contributed by atoms with Crippen LogP contribution in [0.3, 0.4) is 0 Å². The first kappa shape index (κ1) is 10.5. The fourth-order valence-electron chi connectivity index (χ4n) is 0.591. The summed E-state index contributed by atoms with van der Waals surface area (Å²) in [6.45, 7) is 0.0415. The van der Waals surface area contributed by atoms with Crippen molar-refractivity contribution < 1.29 is 18.3 Å². The van der Waals surface area contributed by atoms with Gasteiger partial charge in [-0.2, -0.15) is 13.2 Å². The zero-order chi connectivity index (χ0) is 8.74. The first-order valence-corrected chi connectivity index (χ1v) is 3.41. The van der Waals surface area contributed by atoms with Crippen LogP contribution in [0.1, 0.15) is 19.3 Å². The van der Waals surface area contributed by atoms with E-state index >= 15 is 0 Å². The van der Waals surface area contributed by atoms with E-state index in [2.05, 4.69) is 0 Å². The molecule has 0 aromatic heterocycles. The molecule has 1 nitrogen and oxygen atoms in total. The van der Waals surface area contributed by atoms with Crippen LogP contribution in [0.4, 0.5) is 13.2 Å². The van der Waals surface area contributed by atoms with Crippen molar-refractivity contribution in [1.82, 2.24) is 0 Å². The Hall–Kier alpha value is -0.510. The Bertz CT molecular complexity index is 117. The van der Waals surface area contributed by atoms with Gasteiger partial charge >= 0.3 is 6.18 Å². The van der Waals surface area contributed by atoms with E-state index in [1.165, 1.54) is 0 Å². The summed E-state index contributed by atoms with van der Waals surface area (Å²) in [6, 6.07) is 0. The molecule has 0 atom stereocenters. The van der Waals surface area contributed by atoms with Gasteiger partial charge in [-0.15, -0.1) is 0 Å². The molecule has 0 aromatic carbocycles.